The van der Waals surface area contributed by atoms with E-state index in [0.717, 1.165) is 0 Å². The molecule has 104 valence electrons. The smallest absolute Gasteiger partial charge is 0.303 e. The molecule has 0 unspecified atom stereocenters. The van der Waals surface area contributed by atoms with Crippen molar-refractivity contribution in [1.82, 2.24) is 9.88 Å². The summed E-state index contributed by atoms with van der Waals surface area (Å²) in [6.07, 6.45) is 1.83. The van der Waals surface area contributed by atoms with Gasteiger partial charge < -0.3 is 15.0 Å². The molecule has 1 amide bonds. The van der Waals surface area contributed by atoms with Crippen LogP contribution in [0.25, 0.3) is 0 Å². The maximum absolute atomic E-state index is 12.2. The molecular weight excluding hydrogens is 248 g/mol. The molecule has 0 saturated heterocycles. The van der Waals surface area contributed by atoms with Crippen molar-refractivity contribution in [3.05, 3.63) is 34.2 Å². The molecule has 0 aromatic carbocycles. The van der Waals surface area contributed by atoms with E-state index in [9.17, 15) is 14.4 Å². The minimum atomic E-state index is -0.882. The van der Waals surface area contributed by atoms with E-state index in [1.54, 1.807) is 4.90 Å². The molecule has 2 N–H and O–H groups in total. The van der Waals surface area contributed by atoms with Gasteiger partial charge in [-0.2, -0.15) is 0 Å². The quantitative estimate of drug-likeness (QED) is 0.806. The summed E-state index contributed by atoms with van der Waals surface area (Å²) in [5, 5.41) is 8.61. The van der Waals surface area contributed by atoms with E-state index in [-0.39, 0.29) is 23.9 Å². The second kappa shape index (κ2) is 6.72. The number of amides is 1. The lowest BCUT2D eigenvalue weighted by Crippen LogP contribution is -2.38. The van der Waals surface area contributed by atoms with E-state index in [1.807, 2.05) is 13.8 Å². The summed E-state index contributed by atoms with van der Waals surface area (Å²) in [5.74, 6) is -1.14. The minimum absolute atomic E-state index is 0.0197. The van der Waals surface area contributed by atoms with Gasteiger partial charge in [-0.3, -0.25) is 14.4 Å². The Hall–Kier alpha value is -2.11. The first-order chi connectivity index (χ1) is 8.91. The molecule has 1 aromatic rings. The number of pyridine rings is 1. The first-order valence-electron chi connectivity index (χ1n) is 6.13. The maximum atomic E-state index is 12.2. The highest BCUT2D eigenvalue weighted by Crippen LogP contribution is 2.08. The number of carboxylic acid groups (broad SMARTS) is 1. The Morgan fingerprint density at radius 3 is 2.63 bits per heavy atom. The SMILES string of the molecule is CC(C)N(CCCC(=O)O)C(=O)c1cc[nH]c(=O)c1. The average Bonchev–Trinajstić information content (AvgIpc) is 2.33. The molecule has 19 heavy (non-hydrogen) atoms. The van der Waals surface area contributed by atoms with Crippen molar-refractivity contribution in [3.8, 4) is 0 Å². The largest absolute Gasteiger partial charge is 0.481 e. The summed E-state index contributed by atoms with van der Waals surface area (Å²) in [5.41, 5.74) is -0.0205. The molecule has 6 nitrogen and oxygen atoms in total. The van der Waals surface area contributed by atoms with Crippen molar-refractivity contribution in [2.45, 2.75) is 32.7 Å². The average molecular weight is 266 g/mol. The predicted octanol–water partition coefficient (Wildman–Crippen LogP) is 1.09. The van der Waals surface area contributed by atoms with Gasteiger partial charge in [-0.1, -0.05) is 0 Å². The Balaban J connectivity index is 2.78. The number of nitrogens with zero attached hydrogens (tertiary/aromatic N) is 1. The van der Waals surface area contributed by atoms with E-state index >= 15 is 0 Å². The molecular formula is C13H18N2O4. The van der Waals surface area contributed by atoms with Crippen molar-refractivity contribution in [3.63, 3.8) is 0 Å². The summed E-state index contributed by atoms with van der Waals surface area (Å²) in [7, 11) is 0. The van der Waals surface area contributed by atoms with Crippen LogP contribution in [0.4, 0.5) is 0 Å². The van der Waals surface area contributed by atoms with Gasteiger partial charge in [0.15, 0.2) is 0 Å². The molecule has 0 atom stereocenters. The van der Waals surface area contributed by atoms with Crippen molar-refractivity contribution >= 4 is 11.9 Å². The molecule has 1 heterocycles. The first kappa shape index (κ1) is 14.9. The highest BCUT2D eigenvalue weighted by molar-refractivity contribution is 5.94. The maximum Gasteiger partial charge on any atom is 0.303 e. The van der Waals surface area contributed by atoms with Crippen molar-refractivity contribution in [1.29, 1.82) is 0 Å². The number of H-pyrrole nitrogens is 1. The van der Waals surface area contributed by atoms with Crippen LogP contribution in [0, 0.1) is 0 Å². The van der Waals surface area contributed by atoms with Gasteiger partial charge in [0, 0.05) is 36.8 Å². The van der Waals surface area contributed by atoms with Gasteiger partial charge in [-0.05, 0) is 26.3 Å². The van der Waals surface area contributed by atoms with Crippen LogP contribution < -0.4 is 5.56 Å². The van der Waals surface area contributed by atoms with Crippen LogP contribution in [-0.4, -0.2) is 39.5 Å². The van der Waals surface area contributed by atoms with Crippen LogP contribution in [0.15, 0.2) is 23.1 Å². The molecule has 1 rings (SSSR count). The van der Waals surface area contributed by atoms with Crippen molar-refractivity contribution in [2.75, 3.05) is 6.54 Å². The fourth-order valence-electron chi connectivity index (χ4n) is 1.74. The number of aromatic nitrogens is 1. The molecule has 0 saturated carbocycles. The van der Waals surface area contributed by atoms with Crippen LogP contribution in [0.2, 0.25) is 0 Å². The highest BCUT2D eigenvalue weighted by Gasteiger charge is 2.18. The normalized spacial score (nSPS) is 10.5. The summed E-state index contributed by atoms with van der Waals surface area (Å²) in [4.78, 5) is 37.9. The summed E-state index contributed by atoms with van der Waals surface area (Å²) < 4.78 is 0. The molecule has 0 aliphatic rings. The van der Waals surface area contributed by atoms with Gasteiger partial charge in [0.1, 0.15) is 0 Å². The van der Waals surface area contributed by atoms with E-state index in [2.05, 4.69) is 4.98 Å². The van der Waals surface area contributed by atoms with Gasteiger partial charge in [0.05, 0.1) is 0 Å². The molecule has 0 radical (unpaired) electrons. The number of aromatic amines is 1. The fourth-order valence-corrected chi connectivity index (χ4v) is 1.74. The van der Waals surface area contributed by atoms with Crippen molar-refractivity contribution < 1.29 is 14.7 Å². The Morgan fingerprint density at radius 1 is 1.42 bits per heavy atom. The predicted molar refractivity (Wildman–Crippen MR) is 70.1 cm³/mol. The molecule has 0 spiro atoms. The summed E-state index contributed by atoms with van der Waals surface area (Å²) in [6.45, 7) is 4.06. The summed E-state index contributed by atoms with van der Waals surface area (Å²) in [6, 6.07) is 2.73. The number of carboxylic acids is 1. The Bertz CT molecular complexity index is 507. The van der Waals surface area contributed by atoms with Crippen LogP contribution >= 0.6 is 0 Å². The highest BCUT2D eigenvalue weighted by atomic mass is 16.4. The third kappa shape index (κ3) is 4.57. The van der Waals surface area contributed by atoms with E-state index < -0.39 is 5.97 Å². The standard InChI is InChI=1S/C13H18N2O4/c1-9(2)15(7-3-4-12(17)18)13(19)10-5-6-14-11(16)8-10/h5-6,8-9H,3-4,7H2,1-2H3,(H,14,16)(H,17,18). The molecule has 0 aliphatic heterocycles. The number of rotatable bonds is 6. The first-order valence-corrected chi connectivity index (χ1v) is 6.13. The second-order valence-electron chi connectivity index (χ2n) is 4.53. The van der Waals surface area contributed by atoms with Crippen LogP contribution in [0.1, 0.15) is 37.0 Å². The van der Waals surface area contributed by atoms with Crippen LogP contribution in [0.3, 0.4) is 0 Å². The summed E-state index contributed by atoms with van der Waals surface area (Å²) >= 11 is 0. The van der Waals surface area contributed by atoms with Gasteiger partial charge in [-0.15, -0.1) is 0 Å². The molecule has 0 fully saturated rings. The molecule has 0 bridgehead atoms. The third-order valence-corrected chi connectivity index (χ3v) is 2.70. The van der Waals surface area contributed by atoms with Gasteiger partial charge in [0.25, 0.3) is 5.91 Å². The topological polar surface area (TPSA) is 90.5 Å². The number of hydrogen-bond acceptors (Lipinski definition) is 3. The molecule has 6 heteroatoms. The third-order valence-electron chi connectivity index (χ3n) is 2.70. The zero-order valence-electron chi connectivity index (χ0n) is 11.0. The number of carbonyl (C=O) groups excluding carboxylic acids is 1. The second-order valence-corrected chi connectivity index (χ2v) is 4.53. The zero-order valence-corrected chi connectivity index (χ0v) is 11.0. The Morgan fingerprint density at radius 2 is 2.11 bits per heavy atom. The number of carbonyl (C=O) groups is 2. The number of nitrogens with one attached hydrogen (secondary N) is 1. The van der Waals surface area contributed by atoms with Gasteiger partial charge in [0.2, 0.25) is 5.56 Å². The lowest BCUT2D eigenvalue weighted by atomic mass is 10.2. The molecule has 1 aromatic heterocycles. The molecule has 0 aliphatic carbocycles. The fraction of sp³-hybridized carbons (Fsp3) is 0.462. The van der Waals surface area contributed by atoms with E-state index in [0.29, 0.717) is 18.5 Å². The lowest BCUT2D eigenvalue weighted by Gasteiger charge is -2.26. The Kier molecular flexibility index (Phi) is 5.29. The number of aliphatic carboxylic acids is 1. The zero-order chi connectivity index (χ0) is 14.4. The lowest BCUT2D eigenvalue weighted by molar-refractivity contribution is -0.137. The monoisotopic (exact) mass is 266 g/mol. The van der Waals surface area contributed by atoms with Gasteiger partial charge in [-0.25, -0.2) is 0 Å². The Labute approximate surface area is 111 Å². The van der Waals surface area contributed by atoms with Gasteiger partial charge >= 0.3 is 5.97 Å². The number of hydrogen-bond donors (Lipinski definition) is 2. The minimum Gasteiger partial charge on any atom is -0.481 e. The van der Waals surface area contributed by atoms with Crippen molar-refractivity contribution in [2.24, 2.45) is 0 Å². The van der Waals surface area contributed by atoms with Crippen LogP contribution in [-0.2, 0) is 4.79 Å². The van der Waals surface area contributed by atoms with E-state index in [4.69, 9.17) is 5.11 Å². The van der Waals surface area contributed by atoms with Crippen LogP contribution in [0.5, 0.6) is 0 Å². The van der Waals surface area contributed by atoms with E-state index in [1.165, 1.54) is 18.3 Å².